The van der Waals surface area contributed by atoms with Crippen LogP contribution >= 0.6 is 0 Å². The van der Waals surface area contributed by atoms with Gasteiger partial charge in [-0.2, -0.15) is 0 Å². The number of benzene rings is 1. The third-order valence-electron chi connectivity index (χ3n) is 2.53. The Bertz CT molecular complexity index is 399. The second kappa shape index (κ2) is 5.94. The van der Waals surface area contributed by atoms with Crippen LogP contribution in [0.4, 0.5) is 5.69 Å². The minimum absolute atomic E-state index is 0.0420. The maximum absolute atomic E-state index is 11.7. The van der Waals surface area contributed by atoms with Gasteiger partial charge in [-0.15, -0.1) is 5.73 Å². The summed E-state index contributed by atoms with van der Waals surface area (Å²) in [4.78, 5) is 13.3. The van der Waals surface area contributed by atoms with Gasteiger partial charge in [0.15, 0.2) is 0 Å². The molecule has 1 aromatic rings. The number of rotatable bonds is 4. The van der Waals surface area contributed by atoms with E-state index in [0.717, 1.165) is 12.1 Å². The van der Waals surface area contributed by atoms with E-state index < -0.39 is 0 Å². The maximum atomic E-state index is 11.7. The summed E-state index contributed by atoms with van der Waals surface area (Å²) in [5.74, 6) is 0.0420. The van der Waals surface area contributed by atoms with Crippen LogP contribution in [0.1, 0.15) is 18.9 Å². The van der Waals surface area contributed by atoms with Crippen LogP contribution in [-0.4, -0.2) is 13.0 Å². The Balaban J connectivity index is 2.75. The molecule has 0 N–H and O–H groups in total. The van der Waals surface area contributed by atoms with E-state index in [2.05, 4.69) is 19.2 Å². The summed E-state index contributed by atoms with van der Waals surface area (Å²) in [7, 11) is 1.78. The molecular formula is C14H17NO. The van der Waals surface area contributed by atoms with E-state index in [1.807, 2.05) is 24.3 Å². The number of amides is 1. The first-order valence-corrected chi connectivity index (χ1v) is 5.38. The van der Waals surface area contributed by atoms with Gasteiger partial charge >= 0.3 is 0 Å². The van der Waals surface area contributed by atoms with Crippen LogP contribution in [0.25, 0.3) is 0 Å². The predicted molar refractivity (Wildman–Crippen MR) is 67.6 cm³/mol. The first-order chi connectivity index (χ1) is 7.69. The summed E-state index contributed by atoms with van der Waals surface area (Å²) >= 11 is 0. The lowest BCUT2D eigenvalue weighted by Crippen LogP contribution is -2.25. The maximum Gasteiger partial charge on any atom is 0.231 e. The number of aryl methyl sites for hydroxylation is 1. The molecule has 1 amide bonds. The summed E-state index contributed by atoms with van der Waals surface area (Å²) in [6.07, 6.45) is 2.99. The van der Waals surface area contributed by atoms with Crippen molar-refractivity contribution < 1.29 is 4.79 Å². The molecule has 0 spiro atoms. The average molecular weight is 215 g/mol. The Kier molecular flexibility index (Phi) is 4.56. The van der Waals surface area contributed by atoms with Crippen molar-refractivity contribution in [3.8, 4) is 0 Å². The summed E-state index contributed by atoms with van der Waals surface area (Å²) in [6, 6.07) is 8.02. The van der Waals surface area contributed by atoms with E-state index in [9.17, 15) is 4.79 Å². The minimum Gasteiger partial charge on any atom is -0.315 e. The van der Waals surface area contributed by atoms with Crippen molar-refractivity contribution in [1.29, 1.82) is 0 Å². The van der Waals surface area contributed by atoms with Gasteiger partial charge in [0.1, 0.15) is 0 Å². The number of anilines is 1. The molecule has 0 aliphatic carbocycles. The lowest BCUT2D eigenvalue weighted by atomic mass is 10.1. The quantitative estimate of drug-likeness (QED) is 0.707. The molecule has 0 bridgehead atoms. The van der Waals surface area contributed by atoms with Crippen LogP contribution < -0.4 is 4.90 Å². The van der Waals surface area contributed by atoms with Gasteiger partial charge < -0.3 is 4.90 Å². The summed E-state index contributed by atoms with van der Waals surface area (Å²) in [5.41, 5.74) is 4.79. The van der Waals surface area contributed by atoms with E-state index in [1.165, 1.54) is 5.56 Å². The highest BCUT2D eigenvalue weighted by Gasteiger charge is 2.08. The molecule has 0 unspecified atom stereocenters. The molecule has 2 heteroatoms. The third kappa shape index (κ3) is 3.11. The van der Waals surface area contributed by atoms with Gasteiger partial charge in [0.25, 0.3) is 0 Å². The zero-order valence-corrected chi connectivity index (χ0v) is 9.86. The van der Waals surface area contributed by atoms with E-state index in [1.54, 1.807) is 18.0 Å². The fourth-order valence-electron chi connectivity index (χ4n) is 1.40. The first-order valence-electron chi connectivity index (χ1n) is 5.38. The van der Waals surface area contributed by atoms with Crippen molar-refractivity contribution in [2.45, 2.75) is 19.8 Å². The van der Waals surface area contributed by atoms with Crippen molar-refractivity contribution in [1.82, 2.24) is 0 Å². The first kappa shape index (κ1) is 12.3. The van der Waals surface area contributed by atoms with E-state index in [0.29, 0.717) is 6.42 Å². The van der Waals surface area contributed by atoms with Gasteiger partial charge in [-0.25, -0.2) is 0 Å². The molecule has 1 rings (SSSR count). The van der Waals surface area contributed by atoms with E-state index in [4.69, 9.17) is 0 Å². The molecule has 0 aliphatic rings. The molecule has 0 saturated heterocycles. The fraction of sp³-hybridized carbons (Fsp3) is 0.286. The van der Waals surface area contributed by atoms with Crippen molar-refractivity contribution in [3.63, 3.8) is 0 Å². The summed E-state index contributed by atoms with van der Waals surface area (Å²) in [5, 5.41) is 0. The molecule has 2 nitrogen and oxygen atoms in total. The highest BCUT2D eigenvalue weighted by Crippen LogP contribution is 2.15. The topological polar surface area (TPSA) is 20.3 Å². The number of hydrogen-bond acceptors (Lipinski definition) is 1. The standard InChI is InChI=1S/C14H17NO/c1-4-6-7-14(16)15(3)13-10-8-12(5-2)9-11-13/h6,8-11H,1,5,7H2,2-3H3. The molecule has 0 fully saturated rings. The molecule has 0 aromatic heterocycles. The van der Waals surface area contributed by atoms with Crippen molar-refractivity contribution in [2.75, 3.05) is 11.9 Å². The van der Waals surface area contributed by atoms with Crippen LogP contribution in [-0.2, 0) is 11.2 Å². The van der Waals surface area contributed by atoms with Gasteiger partial charge in [-0.05, 0) is 30.2 Å². The summed E-state index contributed by atoms with van der Waals surface area (Å²) in [6.45, 7) is 5.55. The second-order valence-corrected chi connectivity index (χ2v) is 3.59. The van der Waals surface area contributed by atoms with E-state index >= 15 is 0 Å². The monoisotopic (exact) mass is 215 g/mol. The molecule has 0 radical (unpaired) electrons. The molecule has 1 aromatic carbocycles. The minimum atomic E-state index is 0.0420. The molecule has 16 heavy (non-hydrogen) atoms. The van der Waals surface area contributed by atoms with Crippen LogP contribution in [0.2, 0.25) is 0 Å². The molecule has 0 aliphatic heterocycles. The Labute approximate surface area is 96.9 Å². The molecular weight excluding hydrogens is 198 g/mol. The van der Waals surface area contributed by atoms with E-state index in [-0.39, 0.29) is 5.91 Å². The Morgan fingerprint density at radius 1 is 1.44 bits per heavy atom. The summed E-state index contributed by atoms with van der Waals surface area (Å²) < 4.78 is 0. The molecule has 84 valence electrons. The Morgan fingerprint density at radius 2 is 2.06 bits per heavy atom. The number of hydrogen-bond donors (Lipinski definition) is 0. The average Bonchev–Trinajstić information content (AvgIpc) is 2.35. The zero-order valence-electron chi connectivity index (χ0n) is 9.86. The number of nitrogens with zero attached hydrogens (tertiary/aromatic N) is 1. The van der Waals surface area contributed by atoms with Crippen LogP contribution in [0.5, 0.6) is 0 Å². The predicted octanol–water partition coefficient (Wildman–Crippen LogP) is 2.94. The Morgan fingerprint density at radius 3 is 2.56 bits per heavy atom. The molecule has 0 atom stereocenters. The van der Waals surface area contributed by atoms with Crippen LogP contribution in [0.15, 0.2) is 42.7 Å². The highest BCUT2D eigenvalue weighted by molar-refractivity contribution is 5.93. The second-order valence-electron chi connectivity index (χ2n) is 3.59. The third-order valence-corrected chi connectivity index (χ3v) is 2.53. The smallest absolute Gasteiger partial charge is 0.231 e. The lowest BCUT2D eigenvalue weighted by molar-refractivity contribution is -0.117. The highest BCUT2D eigenvalue weighted by atomic mass is 16.2. The lowest BCUT2D eigenvalue weighted by Gasteiger charge is -2.16. The Hall–Kier alpha value is -1.79. The van der Waals surface area contributed by atoms with Crippen LogP contribution in [0.3, 0.4) is 0 Å². The largest absolute Gasteiger partial charge is 0.315 e. The fourth-order valence-corrected chi connectivity index (χ4v) is 1.40. The van der Waals surface area contributed by atoms with Gasteiger partial charge in [-0.1, -0.05) is 25.6 Å². The number of carbonyl (C=O) groups is 1. The number of carbonyl (C=O) groups excluding carboxylic acids is 1. The normalized spacial score (nSPS) is 9.38. The van der Waals surface area contributed by atoms with Crippen molar-refractivity contribution >= 4 is 11.6 Å². The van der Waals surface area contributed by atoms with Gasteiger partial charge in [0.05, 0.1) is 6.42 Å². The molecule has 0 saturated carbocycles. The van der Waals surface area contributed by atoms with Gasteiger partial charge in [0.2, 0.25) is 5.91 Å². The zero-order chi connectivity index (χ0) is 12.0. The van der Waals surface area contributed by atoms with Crippen molar-refractivity contribution in [2.24, 2.45) is 0 Å². The van der Waals surface area contributed by atoms with Crippen LogP contribution in [0, 0.1) is 0 Å². The van der Waals surface area contributed by atoms with Gasteiger partial charge in [-0.3, -0.25) is 4.79 Å². The molecule has 0 heterocycles. The van der Waals surface area contributed by atoms with Crippen molar-refractivity contribution in [3.05, 3.63) is 48.2 Å². The van der Waals surface area contributed by atoms with Gasteiger partial charge in [0, 0.05) is 12.7 Å². The SMILES string of the molecule is C=C=CCC(=O)N(C)c1ccc(CC)cc1.